The number of carbonyl (C=O) groups excluding carboxylic acids is 2. The van der Waals surface area contributed by atoms with E-state index in [-0.39, 0.29) is 18.1 Å². The van der Waals surface area contributed by atoms with E-state index >= 15 is 0 Å². The second kappa shape index (κ2) is 9.34. The van der Waals surface area contributed by atoms with Crippen LogP contribution in [0.15, 0.2) is 55.0 Å². The van der Waals surface area contributed by atoms with Crippen molar-refractivity contribution in [1.82, 2.24) is 9.97 Å². The van der Waals surface area contributed by atoms with E-state index in [2.05, 4.69) is 27.1 Å². The van der Waals surface area contributed by atoms with E-state index in [0.29, 0.717) is 22.7 Å². The molecule has 0 aliphatic heterocycles. The molecule has 0 atom stereocenters. The van der Waals surface area contributed by atoms with Crippen LogP contribution in [0.1, 0.15) is 44.5 Å². The molecular weight excluding hydrogens is 380 g/mol. The summed E-state index contributed by atoms with van der Waals surface area (Å²) >= 11 is 0. The summed E-state index contributed by atoms with van der Waals surface area (Å²) in [5.74, 6) is 5.19. The molecule has 2 amide bonds. The number of nitrogens with two attached hydrogens (primary N) is 1. The first-order valence-electron chi connectivity index (χ1n) is 9.13. The van der Waals surface area contributed by atoms with Crippen LogP contribution in [0, 0.1) is 18.8 Å². The molecule has 7 heteroatoms. The number of carbonyl (C=O) groups is 2. The lowest BCUT2D eigenvalue weighted by Gasteiger charge is -2.12. The molecule has 3 rings (SSSR count). The van der Waals surface area contributed by atoms with Crippen molar-refractivity contribution in [3.05, 3.63) is 82.9 Å². The lowest BCUT2D eigenvalue weighted by atomic mass is 10.1. The van der Waals surface area contributed by atoms with E-state index < -0.39 is 5.91 Å². The molecule has 0 saturated carbocycles. The molecule has 0 spiro atoms. The van der Waals surface area contributed by atoms with Crippen LogP contribution in [0.2, 0.25) is 0 Å². The van der Waals surface area contributed by atoms with Crippen LogP contribution >= 0.6 is 0 Å². The number of ether oxygens (including phenoxy) is 1. The Balaban J connectivity index is 1.70. The van der Waals surface area contributed by atoms with E-state index in [9.17, 15) is 9.59 Å². The van der Waals surface area contributed by atoms with Gasteiger partial charge in [0.05, 0.1) is 17.3 Å². The predicted octanol–water partition coefficient (Wildman–Crippen LogP) is 3.09. The molecule has 3 N–H and O–H groups in total. The topological polar surface area (TPSA) is 107 Å². The van der Waals surface area contributed by atoms with Gasteiger partial charge in [0.15, 0.2) is 0 Å². The Hall–Kier alpha value is -4.18. The van der Waals surface area contributed by atoms with Crippen LogP contribution in [-0.4, -0.2) is 21.8 Å². The second-order valence-electron chi connectivity index (χ2n) is 6.46. The quantitative estimate of drug-likeness (QED) is 0.618. The van der Waals surface area contributed by atoms with Gasteiger partial charge in [0.1, 0.15) is 18.1 Å². The van der Waals surface area contributed by atoms with Crippen molar-refractivity contribution in [2.45, 2.75) is 20.5 Å². The van der Waals surface area contributed by atoms with Gasteiger partial charge in [-0.2, -0.15) is 0 Å². The zero-order valence-electron chi connectivity index (χ0n) is 16.6. The normalized spacial score (nSPS) is 9.93. The van der Waals surface area contributed by atoms with Crippen LogP contribution in [0.5, 0.6) is 5.75 Å². The Morgan fingerprint density at radius 1 is 1.10 bits per heavy atom. The fourth-order valence-corrected chi connectivity index (χ4v) is 2.63. The van der Waals surface area contributed by atoms with E-state index in [1.807, 2.05) is 25.1 Å². The van der Waals surface area contributed by atoms with Crippen molar-refractivity contribution >= 4 is 17.5 Å². The smallest absolute Gasteiger partial charge is 0.257 e. The number of nitrogens with zero attached hydrogens (tertiary/aromatic N) is 2. The number of hydrogen-bond acceptors (Lipinski definition) is 5. The second-order valence-corrected chi connectivity index (χ2v) is 6.46. The third-order valence-corrected chi connectivity index (χ3v) is 4.28. The number of nitrogens with one attached hydrogen (secondary N) is 1. The fraction of sp³-hybridized carbons (Fsp3) is 0.130. The number of hydrogen-bond donors (Lipinski definition) is 2. The van der Waals surface area contributed by atoms with Crippen molar-refractivity contribution in [3.63, 3.8) is 0 Å². The van der Waals surface area contributed by atoms with Gasteiger partial charge in [-0.15, -0.1) is 0 Å². The van der Waals surface area contributed by atoms with E-state index in [4.69, 9.17) is 10.5 Å². The van der Waals surface area contributed by atoms with Crippen molar-refractivity contribution in [2.24, 2.45) is 5.73 Å². The number of rotatable bonds is 6. The van der Waals surface area contributed by atoms with Gasteiger partial charge in [0, 0.05) is 18.1 Å². The van der Waals surface area contributed by atoms with Gasteiger partial charge in [-0.25, -0.2) is 4.98 Å². The Morgan fingerprint density at radius 2 is 1.93 bits per heavy atom. The highest BCUT2D eigenvalue weighted by molar-refractivity contribution is 6.04. The van der Waals surface area contributed by atoms with Crippen molar-refractivity contribution in [3.8, 4) is 17.6 Å². The molecule has 7 nitrogen and oxygen atoms in total. The molecule has 0 aliphatic carbocycles. The van der Waals surface area contributed by atoms with Crippen molar-refractivity contribution in [1.29, 1.82) is 0 Å². The van der Waals surface area contributed by atoms with Gasteiger partial charge in [0.25, 0.3) is 5.91 Å². The number of aromatic nitrogens is 2. The SMILES string of the molecule is CC#Cc1ccc(C(=O)Nc2ccc(C)c(COc3cncc(C(N)=O)c3)c2)cn1. The number of pyridine rings is 2. The molecule has 2 aromatic heterocycles. The molecule has 3 aromatic rings. The summed E-state index contributed by atoms with van der Waals surface area (Å²) in [6.45, 7) is 3.91. The lowest BCUT2D eigenvalue weighted by molar-refractivity contribution is 0.0996. The highest BCUT2D eigenvalue weighted by atomic mass is 16.5. The Kier molecular flexibility index (Phi) is 6.40. The van der Waals surface area contributed by atoms with E-state index in [1.165, 1.54) is 24.7 Å². The van der Waals surface area contributed by atoms with Gasteiger partial charge in [-0.3, -0.25) is 14.6 Å². The summed E-state index contributed by atoms with van der Waals surface area (Å²) in [4.78, 5) is 31.9. The molecule has 0 aliphatic rings. The molecule has 0 radical (unpaired) electrons. The third-order valence-electron chi connectivity index (χ3n) is 4.28. The molecule has 1 aromatic carbocycles. The summed E-state index contributed by atoms with van der Waals surface area (Å²) in [5.41, 5.74) is 9.09. The number of primary amides is 1. The lowest BCUT2D eigenvalue weighted by Crippen LogP contribution is -2.13. The number of amides is 2. The minimum atomic E-state index is -0.571. The summed E-state index contributed by atoms with van der Waals surface area (Å²) in [6.07, 6.45) is 4.38. The fourth-order valence-electron chi connectivity index (χ4n) is 2.63. The predicted molar refractivity (Wildman–Crippen MR) is 113 cm³/mol. The monoisotopic (exact) mass is 400 g/mol. The van der Waals surface area contributed by atoms with Crippen LogP contribution in [-0.2, 0) is 6.61 Å². The van der Waals surface area contributed by atoms with E-state index in [0.717, 1.165) is 11.1 Å². The van der Waals surface area contributed by atoms with Gasteiger partial charge in [-0.05, 0) is 61.2 Å². The summed E-state index contributed by atoms with van der Waals surface area (Å²) in [6, 6.07) is 10.5. The Bertz CT molecular complexity index is 1150. The summed E-state index contributed by atoms with van der Waals surface area (Å²) in [7, 11) is 0. The molecule has 0 fully saturated rings. The minimum Gasteiger partial charge on any atom is -0.487 e. The van der Waals surface area contributed by atoms with Crippen LogP contribution in [0.3, 0.4) is 0 Å². The summed E-state index contributed by atoms with van der Waals surface area (Å²) in [5, 5.41) is 2.86. The van der Waals surface area contributed by atoms with Crippen molar-refractivity contribution in [2.75, 3.05) is 5.32 Å². The highest BCUT2D eigenvalue weighted by Gasteiger charge is 2.09. The number of anilines is 1. The number of aryl methyl sites for hydroxylation is 1. The molecule has 30 heavy (non-hydrogen) atoms. The average molecular weight is 400 g/mol. The molecular formula is C23H20N4O3. The van der Waals surface area contributed by atoms with Crippen LogP contribution in [0.25, 0.3) is 0 Å². The average Bonchev–Trinajstić information content (AvgIpc) is 2.75. The first-order chi connectivity index (χ1) is 14.5. The maximum Gasteiger partial charge on any atom is 0.257 e. The van der Waals surface area contributed by atoms with E-state index in [1.54, 1.807) is 19.1 Å². The zero-order valence-corrected chi connectivity index (χ0v) is 16.6. The largest absolute Gasteiger partial charge is 0.487 e. The maximum absolute atomic E-state index is 12.5. The minimum absolute atomic E-state index is 0.241. The Morgan fingerprint density at radius 3 is 2.63 bits per heavy atom. The van der Waals surface area contributed by atoms with Gasteiger partial charge in [0.2, 0.25) is 5.91 Å². The first kappa shape index (κ1) is 20.6. The van der Waals surface area contributed by atoms with Crippen LogP contribution < -0.4 is 15.8 Å². The molecule has 2 heterocycles. The maximum atomic E-state index is 12.5. The first-order valence-corrected chi connectivity index (χ1v) is 9.13. The summed E-state index contributed by atoms with van der Waals surface area (Å²) < 4.78 is 5.74. The zero-order chi connectivity index (χ0) is 21.5. The Labute approximate surface area is 174 Å². The van der Waals surface area contributed by atoms with Gasteiger partial charge in [-0.1, -0.05) is 12.0 Å². The highest BCUT2D eigenvalue weighted by Crippen LogP contribution is 2.19. The van der Waals surface area contributed by atoms with Gasteiger partial charge >= 0.3 is 0 Å². The van der Waals surface area contributed by atoms with Gasteiger partial charge < -0.3 is 15.8 Å². The van der Waals surface area contributed by atoms with Crippen LogP contribution in [0.4, 0.5) is 5.69 Å². The van der Waals surface area contributed by atoms with Crippen molar-refractivity contribution < 1.29 is 14.3 Å². The third kappa shape index (κ3) is 5.20. The molecule has 0 bridgehead atoms. The standard InChI is InChI=1S/C23H20N4O3/c1-3-4-19-8-6-16(12-26-19)23(29)27-20-7-5-15(2)18(9-20)14-30-21-10-17(22(24)28)11-25-13-21/h5-13H,14H2,1-2H3,(H2,24,28)(H,27,29). The molecule has 0 unspecified atom stereocenters. The molecule has 150 valence electrons. The molecule has 0 saturated heterocycles. The number of benzene rings is 1.